The Hall–Kier alpha value is -3.25. The SMILES string of the molecule is CC(=O)Nc1cccc(-c2nn3ccccc3c2-c2ccnc(Cl)n2)c1. The van der Waals surface area contributed by atoms with Crippen LogP contribution in [0.2, 0.25) is 5.28 Å². The number of aromatic nitrogens is 4. The fraction of sp³-hybridized carbons (Fsp3) is 0.0526. The normalized spacial score (nSPS) is 10.8. The minimum atomic E-state index is -0.125. The van der Waals surface area contributed by atoms with E-state index in [4.69, 9.17) is 16.7 Å². The average molecular weight is 364 g/mol. The minimum Gasteiger partial charge on any atom is -0.326 e. The Morgan fingerprint density at radius 2 is 2.04 bits per heavy atom. The zero-order valence-electron chi connectivity index (χ0n) is 13.8. The van der Waals surface area contributed by atoms with Crippen LogP contribution in [0.4, 0.5) is 5.69 Å². The maximum absolute atomic E-state index is 11.4. The van der Waals surface area contributed by atoms with Crippen LogP contribution < -0.4 is 5.32 Å². The second-order valence-corrected chi connectivity index (χ2v) is 6.07. The molecule has 0 aliphatic carbocycles. The van der Waals surface area contributed by atoms with E-state index in [0.29, 0.717) is 11.4 Å². The van der Waals surface area contributed by atoms with Crippen molar-refractivity contribution in [3.8, 4) is 22.5 Å². The van der Waals surface area contributed by atoms with Gasteiger partial charge in [-0.2, -0.15) is 5.10 Å². The molecule has 0 fully saturated rings. The molecule has 0 saturated heterocycles. The van der Waals surface area contributed by atoms with Crippen molar-refractivity contribution in [1.82, 2.24) is 19.6 Å². The Balaban J connectivity index is 1.96. The highest BCUT2D eigenvalue weighted by molar-refractivity contribution is 6.28. The molecule has 0 saturated carbocycles. The molecule has 7 heteroatoms. The molecule has 128 valence electrons. The van der Waals surface area contributed by atoms with Crippen LogP contribution in [0, 0.1) is 0 Å². The molecule has 0 unspecified atom stereocenters. The van der Waals surface area contributed by atoms with Crippen LogP contribution in [0.3, 0.4) is 0 Å². The number of carbonyl (C=O) groups excluding carboxylic acids is 1. The largest absolute Gasteiger partial charge is 0.326 e. The molecule has 1 aromatic carbocycles. The molecule has 1 N–H and O–H groups in total. The minimum absolute atomic E-state index is 0.125. The molecular weight excluding hydrogens is 350 g/mol. The number of carbonyl (C=O) groups is 1. The molecule has 0 bridgehead atoms. The number of pyridine rings is 1. The highest BCUT2D eigenvalue weighted by Crippen LogP contribution is 2.35. The standard InChI is InChI=1S/C19H14ClN5O/c1-12(26)22-14-6-4-5-13(11-14)18-17(15-8-9-21-19(20)23-15)16-7-2-3-10-25(16)24-18/h2-11H,1H3,(H,22,26). The van der Waals surface area contributed by atoms with Gasteiger partial charge < -0.3 is 5.32 Å². The summed E-state index contributed by atoms with van der Waals surface area (Å²) < 4.78 is 1.80. The second kappa shape index (κ2) is 6.57. The highest BCUT2D eigenvalue weighted by Gasteiger charge is 2.18. The number of halogens is 1. The molecule has 6 nitrogen and oxygen atoms in total. The molecule has 3 heterocycles. The Labute approximate surface area is 154 Å². The van der Waals surface area contributed by atoms with E-state index >= 15 is 0 Å². The number of rotatable bonds is 3. The van der Waals surface area contributed by atoms with E-state index in [0.717, 1.165) is 22.3 Å². The van der Waals surface area contributed by atoms with E-state index in [2.05, 4.69) is 15.3 Å². The summed E-state index contributed by atoms with van der Waals surface area (Å²) in [6.45, 7) is 1.48. The van der Waals surface area contributed by atoms with Crippen LogP contribution in [0.15, 0.2) is 60.9 Å². The number of hydrogen-bond donors (Lipinski definition) is 1. The molecule has 0 aliphatic heterocycles. The van der Waals surface area contributed by atoms with Crippen LogP contribution in [0.25, 0.3) is 28.0 Å². The molecular formula is C19H14ClN5O. The van der Waals surface area contributed by atoms with Crippen LogP contribution >= 0.6 is 11.6 Å². The fourth-order valence-corrected chi connectivity index (χ4v) is 3.02. The quantitative estimate of drug-likeness (QED) is 0.557. The van der Waals surface area contributed by atoms with Gasteiger partial charge in [0, 0.05) is 30.6 Å². The summed E-state index contributed by atoms with van der Waals surface area (Å²) in [4.78, 5) is 19.7. The summed E-state index contributed by atoms with van der Waals surface area (Å²) in [5, 5.41) is 7.68. The van der Waals surface area contributed by atoms with Crippen molar-refractivity contribution in [2.45, 2.75) is 6.92 Å². The molecule has 0 aliphatic rings. The third-order valence-electron chi connectivity index (χ3n) is 3.88. The fourth-order valence-electron chi connectivity index (χ4n) is 2.87. The number of fused-ring (bicyclic) bond motifs is 1. The Bertz CT molecular complexity index is 1120. The number of benzene rings is 1. The van der Waals surface area contributed by atoms with Crippen LogP contribution in [-0.2, 0) is 4.79 Å². The Kier molecular flexibility index (Phi) is 4.10. The average Bonchev–Trinajstić information content (AvgIpc) is 3.01. The predicted octanol–water partition coefficient (Wildman–Crippen LogP) is 4.07. The predicted molar refractivity (Wildman–Crippen MR) is 101 cm³/mol. The molecule has 26 heavy (non-hydrogen) atoms. The summed E-state index contributed by atoms with van der Waals surface area (Å²) in [6, 6.07) is 15.2. The van der Waals surface area contributed by atoms with Crippen molar-refractivity contribution < 1.29 is 4.79 Å². The van der Waals surface area contributed by atoms with Gasteiger partial charge in [0.25, 0.3) is 0 Å². The third kappa shape index (κ3) is 3.02. The maximum atomic E-state index is 11.4. The van der Waals surface area contributed by atoms with Crippen LogP contribution in [0.1, 0.15) is 6.92 Å². The van der Waals surface area contributed by atoms with E-state index in [1.807, 2.05) is 48.7 Å². The number of nitrogens with zero attached hydrogens (tertiary/aromatic N) is 4. The number of anilines is 1. The van der Waals surface area contributed by atoms with Gasteiger partial charge in [0.2, 0.25) is 11.2 Å². The van der Waals surface area contributed by atoms with Gasteiger partial charge in [-0.3, -0.25) is 4.79 Å². The van der Waals surface area contributed by atoms with E-state index < -0.39 is 0 Å². The van der Waals surface area contributed by atoms with Crippen molar-refractivity contribution in [3.63, 3.8) is 0 Å². The van der Waals surface area contributed by atoms with Crippen molar-refractivity contribution >= 4 is 28.7 Å². The third-order valence-corrected chi connectivity index (χ3v) is 4.06. The first-order valence-electron chi connectivity index (χ1n) is 7.96. The lowest BCUT2D eigenvalue weighted by molar-refractivity contribution is -0.114. The monoisotopic (exact) mass is 363 g/mol. The first-order chi connectivity index (χ1) is 12.6. The van der Waals surface area contributed by atoms with Gasteiger partial charge in [-0.15, -0.1) is 0 Å². The highest BCUT2D eigenvalue weighted by atomic mass is 35.5. The zero-order valence-corrected chi connectivity index (χ0v) is 14.6. The number of nitrogens with one attached hydrogen (secondary N) is 1. The molecule has 1 amide bonds. The molecule has 4 aromatic rings. The van der Waals surface area contributed by atoms with E-state index in [-0.39, 0.29) is 11.2 Å². The molecule has 0 atom stereocenters. The van der Waals surface area contributed by atoms with Gasteiger partial charge in [0.05, 0.1) is 16.8 Å². The lowest BCUT2D eigenvalue weighted by atomic mass is 10.0. The van der Waals surface area contributed by atoms with Gasteiger partial charge in [0.1, 0.15) is 5.69 Å². The summed E-state index contributed by atoms with van der Waals surface area (Å²) in [6.07, 6.45) is 3.50. The summed E-state index contributed by atoms with van der Waals surface area (Å²) in [5.74, 6) is -0.125. The first kappa shape index (κ1) is 16.2. The smallest absolute Gasteiger partial charge is 0.222 e. The van der Waals surface area contributed by atoms with Gasteiger partial charge in [-0.25, -0.2) is 14.5 Å². The number of amides is 1. The molecule has 0 radical (unpaired) electrons. The van der Waals surface area contributed by atoms with Gasteiger partial charge in [0.15, 0.2) is 0 Å². The Morgan fingerprint density at radius 1 is 1.15 bits per heavy atom. The summed E-state index contributed by atoms with van der Waals surface area (Å²) in [7, 11) is 0. The summed E-state index contributed by atoms with van der Waals surface area (Å²) in [5.41, 5.74) is 4.77. The lowest BCUT2D eigenvalue weighted by Crippen LogP contribution is -2.05. The van der Waals surface area contributed by atoms with Gasteiger partial charge in [-0.05, 0) is 41.9 Å². The topological polar surface area (TPSA) is 72.2 Å². The van der Waals surface area contributed by atoms with Crippen molar-refractivity contribution in [2.75, 3.05) is 5.32 Å². The molecule has 4 rings (SSSR count). The van der Waals surface area contributed by atoms with E-state index in [1.165, 1.54) is 6.92 Å². The first-order valence-corrected chi connectivity index (χ1v) is 8.34. The van der Waals surface area contributed by atoms with Gasteiger partial charge >= 0.3 is 0 Å². The molecule has 3 aromatic heterocycles. The van der Waals surface area contributed by atoms with E-state index in [9.17, 15) is 4.79 Å². The van der Waals surface area contributed by atoms with Crippen molar-refractivity contribution in [2.24, 2.45) is 0 Å². The van der Waals surface area contributed by atoms with Crippen LogP contribution in [-0.4, -0.2) is 25.5 Å². The van der Waals surface area contributed by atoms with E-state index in [1.54, 1.807) is 16.8 Å². The lowest BCUT2D eigenvalue weighted by Gasteiger charge is -2.06. The van der Waals surface area contributed by atoms with Crippen molar-refractivity contribution in [3.05, 3.63) is 66.2 Å². The summed E-state index contributed by atoms with van der Waals surface area (Å²) >= 11 is 6.00. The Morgan fingerprint density at radius 3 is 2.85 bits per heavy atom. The van der Waals surface area contributed by atoms with Crippen LogP contribution in [0.5, 0.6) is 0 Å². The number of hydrogen-bond acceptors (Lipinski definition) is 4. The zero-order chi connectivity index (χ0) is 18.1. The second-order valence-electron chi connectivity index (χ2n) is 5.73. The van der Waals surface area contributed by atoms with Gasteiger partial charge in [-0.1, -0.05) is 18.2 Å². The maximum Gasteiger partial charge on any atom is 0.222 e. The molecule has 0 spiro atoms. The van der Waals surface area contributed by atoms with Crippen molar-refractivity contribution in [1.29, 1.82) is 0 Å².